The van der Waals surface area contributed by atoms with E-state index in [1.165, 1.54) is 0 Å². The molecule has 2 aliphatic heterocycles. The summed E-state index contributed by atoms with van der Waals surface area (Å²) in [6, 6.07) is 31.2. The molecule has 0 N–H and O–H groups in total. The van der Waals surface area contributed by atoms with Crippen molar-refractivity contribution in [2.24, 2.45) is 0 Å². The van der Waals surface area contributed by atoms with E-state index in [2.05, 4.69) is 41.4 Å². The molecule has 0 radical (unpaired) electrons. The average Bonchev–Trinajstić information content (AvgIpc) is 3.44. The highest BCUT2D eigenvalue weighted by atomic mass is 16.6. The van der Waals surface area contributed by atoms with Gasteiger partial charge in [0.05, 0.1) is 12.7 Å². The van der Waals surface area contributed by atoms with E-state index in [4.69, 9.17) is 14.2 Å². The van der Waals surface area contributed by atoms with Crippen LogP contribution in [0.3, 0.4) is 0 Å². The van der Waals surface area contributed by atoms with E-state index in [0.29, 0.717) is 24.6 Å². The highest BCUT2D eigenvalue weighted by Gasteiger charge is 2.46. The van der Waals surface area contributed by atoms with Crippen LogP contribution in [-0.2, 0) is 15.1 Å². The van der Waals surface area contributed by atoms with Crippen molar-refractivity contribution in [1.82, 2.24) is 9.55 Å². The third-order valence-corrected chi connectivity index (χ3v) is 6.79. The molecule has 0 spiro atoms. The first-order chi connectivity index (χ1) is 17.1. The van der Waals surface area contributed by atoms with Crippen LogP contribution in [0.15, 0.2) is 102 Å². The molecular weight excluding hydrogens is 440 g/mol. The lowest BCUT2D eigenvalue weighted by Gasteiger charge is -2.36. The Kier molecular flexibility index (Phi) is 5.47. The fraction of sp³-hybridized carbons (Fsp3) is 0.241. The zero-order chi connectivity index (χ0) is 23.8. The van der Waals surface area contributed by atoms with Crippen LogP contribution in [0.2, 0.25) is 0 Å². The summed E-state index contributed by atoms with van der Waals surface area (Å²) < 4.78 is 21.1. The lowest BCUT2D eigenvalue weighted by atomic mass is 9.80. The molecule has 35 heavy (non-hydrogen) atoms. The fourth-order valence-corrected chi connectivity index (χ4v) is 5.12. The first-order valence-electron chi connectivity index (χ1n) is 11.9. The standard InChI is InChI=1S/C29H26N2O4/c1-20-18-31-27-25(35-28(31)30-26(20)32)17-24(34-27)19-33-29(21-11-5-2-6-12-21,22-13-7-3-8-14-22)23-15-9-4-10-16-23/h2-16,18,24-25,27H,17,19H2,1H3/t24-,25-,27+/m0/s1. The summed E-state index contributed by atoms with van der Waals surface area (Å²) in [6.07, 6.45) is 1.73. The number of aromatic nitrogens is 2. The second kappa shape index (κ2) is 8.80. The molecule has 1 fully saturated rings. The molecule has 6 rings (SSSR count). The molecule has 0 bridgehead atoms. The number of nitrogens with zero attached hydrogens (tertiary/aromatic N) is 2. The van der Waals surface area contributed by atoms with E-state index >= 15 is 0 Å². The van der Waals surface area contributed by atoms with Crippen molar-refractivity contribution in [3.8, 4) is 6.01 Å². The molecule has 0 unspecified atom stereocenters. The van der Waals surface area contributed by atoms with Gasteiger partial charge in [-0.1, -0.05) is 91.0 Å². The van der Waals surface area contributed by atoms with E-state index in [9.17, 15) is 4.79 Å². The Bertz CT molecular complexity index is 1280. The lowest BCUT2D eigenvalue weighted by Crippen LogP contribution is -2.36. The highest BCUT2D eigenvalue weighted by molar-refractivity contribution is 5.47. The molecule has 3 aromatic carbocycles. The van der Waals surface area contributed by atoms with Crippen molar-refractivity contribution in [3.05, 3.63) is 130 Å². The van der Waals surface area contributed by atoms with E-state index in [1.54, 1.807) is 13.1 Å². The van der Waals surface area contributed by atoms with Gasteiger partial charge in [-0.2, -0.15) is 4.98 Å². The Hall–Kier alpha value is -3.74. The fourth-order valence-electron chi connectivity index (χ4n) is 5.12. The number of hydrogen-bond donors (Lipinski definition) is 0. The third kappa shape index (κ3) is 3.75. The van der Waals surface area contributed by atoms with Crippen LogP contribution in [0.4, 0.5) is 0 Å². The number of benzene rings is 3. The van der Waals surface area contributed by atoms with Crippen LogP contribution in [0, 0.1) is 6.92 Å². The largest absolute Gasteiger partial charge is 0.456 e. The van der Waals surface area contributed by atoms with Gasteiger partial charge < -0.3 is 14.2 Å². The van der Waals surface area contributed by atoms with Gasteiger partial charge in [0.25, 0.3) is 5.56 Å². The molecule has 0 saturated carbocycles. The van der Waals surface area contributed by atoms with Gasteiger partial charge in [0, 0.05) is 18.2 Å². The molecule has 1 aromatic heterocycles. The van der Waals surface area contributed by atoms with Crippen LogP contribution in [0.5, 0.6) is 6.01 Å². The van der Waals surface area contributed by atoms with Crippen molar-refractivity contribution < 1.29 is 14.2 Å². The Morgan fingerprint density at radius 1 is 0.914 bits per heavy atom. The second-order valence-electron chi connectivity index (χ2n) is 9.05. The van der Waals surface area contributed by atoms with Crippen LogP contribution in [0.25, 0.3) is 0 Å². The molecular formula is C29H26N2O4. The molecule has 3 atom stereocenters. The van der Waals surface area contributed by atoms with Gasteiger partial charge in [0.2, 0.25) is 0 Å². The Morgan fingerprint density at radius 2 is 1.46 bits per heavy atom. The second-order valence-corrected chi connectivity index (χ2v) is 9.05. The van der Waals surface area contributed by atoms with Gasteiger partial charge >= 0.3 is 6.01 Å². The van der Waals surface area contributed by atoms with Crippen molar-refractivity contribution in [3.63, 3.8) is 0 Å². The van der Waals surface area contributed by atoms with Gasteiger partial charge in [-0.25, -0.2) is 0 Å². The first-order valence-corrected chi connectivity index (χ1v) is 11.9. The lowest BCUT2D eigenvalue weighted by molar-refractivity contribution is -0.0766. The van der Waals surface area contributed by atoms with Gasteiger partial charge in [-0.3, -0.25) is 9.36 Å². The predicted octanol–water partition coefficient (Wildman–Crippen LogP) is 4.61. The number of fused-ring (bicyclic) bond motifs is 3. The van der Waals surface area contributed by atoms with Crippen molar-refractivity contribution in [1.29, 1.82) is 0 Å². The molecule has 1 saturated heterocycles. The summed E-state index contributed by atoms with van der Waals surface area (Å²) in [4.78, 5) is 16.0. The summed E-state index contributed by atoms with van der Waals surface area (Å²) in [7, 11) is 0. The quantitative estimate of drug-likeness (QED) is 0.389. The first kappa shape index (κ1) is 21.8. The van der Waals surface area contributed by atoms with Gasteiger partial charge in [0.15, 0.2) is 6.23 Å². The minimum Gasteiger partial charge on any atom is -0.456 e. The minimum atomic E-state index is -0.799. The zero-order valence-electron chi connectivity index (χ0n) is 19.4. The SMILES string of the molecule is Cc1cn2c(nc1=O)O[C@H]1C[C@@H](COC(c3ccccc3)(c3ccccc3)c3ccccc3)O[C@H]12. The smallest absolute Gasteiger partial charge is 0.302 e. The summed E-state index contributed by atoms with van der Waals surface area (Å²) in [5.74, 6) is 0. The Labute approximate surface area is 203 Å². The van der Waals surface area contributed by atoms with Crippen molar-refractivity contribution in [2.75, 3.05) is 6.61 Å². The number of rotatable bonds is 6. The molecule has 6 heteroatoms. The van der Waals surface area contributed by atoms with E-state index in [1.807, 2.05) is 59.2 Å². The van der Waals surface area contributed by atoms with Crippen LogP contribution in [-0.4, -0.2) is 28.4 Å². The van der Waals surface area contributed by atoms with Gasteiger partial charge in [0.1, 0.15) is 11.7 Å². The highest BCUT2D eigenvalue weighted by Crippen LogP contribution is 2.43. The molecule has 6 nitrogen and oxygen atoms in total. The maximum absolute atomic E-state index is 11.9. The topological polar surface area (TPSA) is 62.6 Å². The maximum Gasteiger partial charge on any atom is 0.302 e. The number of hydrogen-bond acceptors (Lipinski definition) is 5. The maximum atomic E-state index is 11.9. The Balaban J connectivity index is 1.34. The van der Waals surface area contributed by atoms with Crippen LogP contribution in [0.1, 0.15) is 34.9 Å². The molecule has 3 heterocycles. The van der Waals surface area contributed by atoms with Gasteiger partial charge in [-0.05, 0) is 23.6 Å². The number of aryl methyl sites for hydroxylation is 1. The number of ether oxygens (including phenoxy) is 3. The normalized spacial score (nSPS) is 20.8. The van der Waals surface area contributed by atoms with E-state index in [-0.39, 0.29) is 24.0 Å². The molecule has 2 aliphatic rings. The zero-order valence-corrected chi connectivity index (χ0v) is 19.4. The van der Waals surface area contributed by atoms with Crippen molar-refractivity contribution >= 4 is 0 Å². The predicted molar refractivity (Wildman–Crippen MR) is 131 cm³/mol. The van der Waals surface area contributed by atoms with Crippen LogP contribution >= 0.6 is 0 Å². The summed E-state index contributed by atoms with van der Waals surface area (Å²) in [5.41, 5.74) is 2.65. The van der Waals surface area contributed by atoms with Crippen LogP contribution < -0.4 is 10.3 Å². The molecule has 176 valence electrons. The Morgan fingerprint density at radius 3 is 2.00 bits per heavy atom. The average molecular weight is 467 g/mol. The summed E-state index contributed by atoms with van der Waals surface area (Å²) in [6.45, 7) is 2.12. The molecule has 0 amide bonds. The minimum absolute atomic E-state index is 0.173. The summed E-state index contributed by atoms with van der Waals surface area (Å²) >= 11 is 0. The van der Waals surface area contributed by atoms with Crippen molar-refractivity contribution in [2.45, 2.75) is 37.4 Å². The monoisotopic (exact) mass is 466 g/mol. The van der Waals surface area contributed by atoms with Gasteiger partial charge in [-0.15, -0.1) is 0 Å². The summed E-state index contributed by atoms with van der Waals surface area (Å²) in [5, 5.41) is 0. The van der Waals surface area contributed by atoms with E-state index in [0.717, 1.165) is 16.7 Å². The molecule has 4 aromatic rings. The molecule has 0 aliphatic carbocycles. The van der Waals surface area contributed by atoms with E-state index < -0.39 is 5.60 Å². The third-order valence-electron chi connectivity index (χ3n) is 6.79.